The van der Waals surface area contributed by atoms with E-state index in [0.717, 1.165) is 11.1 Å². The molecule has 0 radical (unpaired) electrons. The highest BCUT2D eigenvalue weighted by Crippen LogP contribution is 2.45. The number of para-hydroxylation sites is 1. The molecule has 3 aromatic rings. The number of carbonyl (C=O) groups is 1. The van der Waals surface area contributed by atoms with E-state index < -0.39 is 5.37 Å². The Morgan fingerprint density at radius 3 is 2.66 bits per heavy atom. The van der Waals surface area contributed by atoms with E-state index in [2.05, 4.69) is 26.0 Å². The molecule has 5 nitrogen and oxygen atoms in total. The molecule has 0 saturated heterocycles. The monoisotopic (exact) mass is 471 g/mol. The van der Waals surface area contributed by atoms with Crippen molar-refractivity contribution < 1.29 is 13.9 Å². The van der Waals surface area contributed by atoms with E-state index in [4.69, 9.17) is 4.74 Å². The maximum atomic E-state index is 13.3. The number of nitrogens with zero attached hydrogens (tertiary/aromatic N) is 3. The number of methoxy groups -OCH3 is 1. The number of amides is 1. The van der Waals surface area contributed by atoms with Crippen LogP contribution in [0.3, 0.4) is 0 Å². The van der Waals surface area contributed by atoms with Crippen LogP contribution in [-0.2, 0) is 0 Å². The summed E-state index contributed by atoms with van der Waals surface area (Å²) in [5, 5.41) is 6.18. The number of carbonyl (C=O) groups excluding carboxylic acids is 1. The fraction of sp³-hybridized carbons (Fsp3) is 0.0952. The summed E-state index contributed by atoms with van der Waals surface area (Å²) in [5.41, 5.74) is 1.96. The van der Waals surface area contributed by atoms with Crippen LogP contribution >= 0.6 is 27.7 Å². The van der Waals surface area contributed by atoms with Crippen LogP contribution in [0, 0.1) is 5.82 Å². The molecule has 1 unspecified atom stereocenters. The molecule has 1 atom stereocenters. The van der Waals surface area contributed by atoms with Crippen molar-refractivity contribution in [2.24, 2.45) is 5.10 Å². The van der Waals surface area contributed by atoms with Crippen LogP contribution in [0.1, 0.15) is 26.9 Å². The van der Waals surface area contributed by atoms with Crippen LogP contribution in [-0.4, -0.2) is 28.1 Å². The van der Waals surface area contributed by atoms with E-state index in [-0.39, 0.29) is 11.7 Å². The predicted octanol–water partition coefficient (Wildman–Crippen LogP) is 5.24. The average Bonchev–Trinajstić information content (AvgIpc) is 3.19. The zero-order valence-electron chi connectivity index (χ0n) is 15.3. The van der Waals surface area contributed by atoms with Gasteiger partial charge in [0, 0.05) is 28.0 Å². The third-order valence-corrected chi connectivity index (χ3v) is 5.95. The Morgan fingerprint density at radius 1 is 1.17 bits per heavy atom. The zero-order valence-corrected chi connectivity index (χ0v) is 17.7. The molecule has 1 aromatic heterocycles. The number of ether oxygens (including phenoxy) is 1. The van der Waals surface area contributed by atoms with Gasteiger partial charge >= 0.3 is 0 Å². The highest BCUT2D eigenvalue weighted by atomic mass is 79.9. The minimum Gasteiger partial charge on any atom is -0.496 e. The van der Waals surface area contributed by atoms with Crippen LogP contribution in [0.25, 0.3) is 0 Å². The maximum Gasteiger partial charge on any atom is 0.277 e. The quantitative estimate of drug-likeness (QED) is 0.521. The summed E-state index contributed by atoms with van der Waals surface area (Å²) in [7, 11) is 1.59. The largest absolute Gasteiger partial charge is 0.496 e. The van der Waals surface area contributed by atoms with E-state index in [1.165, 1.54) is 35.1 Å². The molecular formula is C21H15BrFN3O2S. The lowest BCUT2D eigenvalue weighted by molar-refractivity contribution is 0.0747. The molecule has 0 bridgehead atoms. The lowest BCUT2D eigenvalue weighted by atomic mass is 10.2. The fourth-order valence-electron chi connectivity index (χ4n) is 2.93. The van der Waals surface area contributed by atoms with Crippen LogP contribution in [0.15, 0.2) is 76.6 Å². The third-order valence-electron chi connectivity index (χ3n) is 4.30. The molecule has 2 heterocycles. The number of hydrogen-bond acceptors (Lipinski definition) is 5. The molecular weight excluding hydrogens is 457 g/mol. The second-order valence-electron chi connectivity index (χ2n) is 6.17. The van der Waals surface area contributed by atoms with Crippen molar-refractivity contribution in [3.8, 4) is 5.75 Å². The normalized spacial score (nSPS) is 15.9. The topological polar surface area (TPSA) is 54.8 Å². The van der Waals surface area contributed by atoms with Gasteiger partial charge in [-0.15, -0.1) is 0 Å². The molecule has 0 spiro atoms. The van der Waals surface area contributed by atoms with Gasteiger partial charge < -0.3 is 4.74 Å². The summed E-state index contributed by atoms with van der Waals surface area (Å²) in [6, 6.07) is 15.2. The summed E-state index contributed by atoms with van der Waals surface area (Å²) in [6.45, 7) is 0. The molecule has 1 aliphatic heterocycles. The molecule has 0 saturated carbocycles. The first-order valence-electron chi connectivity index (χ1n) is 8.65. The van der Waals surface area contributed by atoms with E-state index in [9.17, 15) is 9.18 Å². The standard InChI is InChI=1S/C21H15BrFN3O2S/c1-28-18-5-3-2-4-17(18)21-26(20(27)14-10-15(22)12-24-11-14)25-19(29-21)13-6-8-16(23)9-7-13/h2-12,21H,1H3. The van der Waals surface area contributed by atoms with Gasteiger partial charge in [0.1, 0.15) is 22.0 Å². The summed E-state index contributed by atoms with van der Waals surface area (Å²) in [4.78, 5) is 17.3. The van der Waals surface area contributed by atoms with Gasteiger partial charge in [-0.3, -0.25) is 9.78 Å². The van der Waals surface area contributed by atoms with E-state index in [1.54, 1.807) is 31.5 Å². The summed E-state index contributed by atoms with van der Waals surface area (Å²) in [5.74, 6) is 0.0387. The van der Waals surface area contributed by atoms with Crippen molar-refractivity contribution in [3.05, 3.63) is 94.0 Å². The molecule has 0 aliphatic carbocycles. The Labute approximate surface area is 179 Å². The summed E-state index contributed by atoms with van der Waals surface area (Å²) >= 11 is 4.76. The van der Waals surface area contributed by atoms with Crippen LogP contribution in [0.4, 0.5) is 4.39 Å². The van der Waals surface area contributed by atoms with Gasteiger partial charge in [0.05, 0.1) is 12.7 Å². The molecule has 146 valence electrons. The van der Waals surface area contributed by atoms with Crippen molar-refractivity contribution in [3.63, 3.8) is 0 Å². The third kappa shape index (κ3) is 4.04. The Kier molecular flexibility index (Phi) is 5.64. The number of hydrogen-bond donors (Lipinski definition) is 0. The van der Waals surface area contributed by atoms with Crippen molar-refractivity contribution in [2.45, 2.75) is 5.37 Å². The number of rotatable bonds is 4. The van der Waals surface area contributed by atoms with E-state index in [0.29, 0.717) is 20.8 Å². The molecule has 0 fully saturated rings. The average molecular weight is 472 g/mol. The Bertz CT molecular complexity index is 1090. The lowest BCUT2D eigenvalue weighted by Crippen LogP contribution is -2.26. The highest BCUT2D eigenvalue weighted by molar-refractivity contribution is 9.10. The number of benzene rings is 2. The molecule has 1 aliphatic rings. The fourth-order valence-corrected chi connectivity index (χ4v) is 4.47. The van der Waals surface area contributed by atoms with Gasteiger partial charge in [0.2, 0.25) is 0 Å². The van der Waals surface area contributed by atoms with Gasteiger partial charge in [-0.25, -0.2) is 9.40 Å². The second kappa shape index (κ2) is 8.34. The maximum absolute atomic E-state index is 13.3. The first kappa shape index (κ1) is 19.6. The lowest BCUT2D eigenvalue weighted by Gasteiger charge is -2.22. The van der Waals surface area contributed by atoms with Gasteiger partial charge in [0.15, 0.2) is 0 Å². The van der Waals surface area contributed by atoms with Gasteiger partial charge in [-0.2, -0.15) is 5.10 Å². The Morgan fingerprint density at radius 2 is 1.93 bits per heavy atom. The van der Waals surface area contributed by atoms with E-state index in [1.807, 2.05) is 24.3 Å². The number of halogens is 2. The minimum atomic E-state index is -0.433. The minimum absolute atomic E-state index is 0.292. The predicted molar refractivity (Wildman–Crippen MR) is 114 cm³/mol. The van der Waals surface area contributed by atoms with Gasteiger partial charge in [-0.05, 0) is 52.3 Å². The zero-order chi connectivity index (χ0) is 20.4. The molecule has 8 heteroatoms. The summed E-state index contributed by atoms with van der Waals surface area (Å²) < 4.78 is 19.5. The molecule has 4 rings (SSSR count). The molecule has 29 heavy (non-hydrogen) atoms. The Hall–Kier alpha value is -2.71. The molecule has 2 aromatic carbocycles. The van der Waals surface area contributed by atoms with Crippen molar-refractivity contribution >= 4 is 38.6 Å². The van der Waals surface area contributed by atoms with Crippen molar-refractivity contribution in [1.82, 2.24) is 9.99 Å². The number of hydrazone groups is 1. The van der Waals surface area contributed by atoms with Crippen LogP contribution in [0.5, 0.6) is 5.75 Å². The Balaban J connectivity index is 1.77. The first-order valence-corrected chi connectivity index (χ1v) is 10.3. The number of thioether (sulfide) groups is 1. The molecule has 0 N–H and O–H groups in total. The van der Waals surface area contributed by atoms with Crippen molar-refractivity contribution in [2.75, 3.05) is 7.11 Å². The number of aromatic nitrogens is 1. The van der Waals surface area contributed by atoms with Gasteiger partial charge in [-0.1, -0.05) is 30.0 Å². The SMILES string of the molecule is COc1ccccc1C1SC(c2ccc(F)cc2)=NN1C(=O)c1cncc(Br)c1. The summed E-state index contributed by atoms with van der Waals surface area (Å²) in [6.07, 6.45) is 3.11. The second-order valence-corrected chi connectivity index (χ2v) is 8.15. The highest BCUT2D eigenvalue weighted by Gasteiger charge is 2.36. The van der Waals surface area contributed by atoms with Gasteiger partial charge in [0.25, 0.3) is 5.91 Å². The van der Waals surface area contributed by atoms with Crippen LogP contribution < -0.4 is 4.74 Å². The number of pyridine rings is 1. The van der Waals surface area contributed by atoms with Crippen LogP contribution in [0.2, 0.25) is 0 Å². The van der Waals surface area contributed by atoms with Crippen molar-refractivity contribution in [1.29, 1.82) is 0 Å². The first-order chi connectivity index (χ1) is 14.1. The molecule has 1 amide bonds. The van der Waals surface area contributed by atoms with E-state index >= 15 is 0 Å². The smallest absolute Gasteiger partial charge is 0.277 e.